The lowest BCUT2D eigenvalue weighted by atomic mass is 10.1. The lowest BCUT2D eigenvalue weighted by Crippen LogP contribution is -2.22. The van der Waals surface area contributed by atoms with Gasteiger partial charge in [-0.05, 0) is 42.0 Å². The third-order valence-corrected chi connectivity index (χ3v) is 4.07. The molecule has 1 N–H and O–H groups in total. The number of rotatable bonds is 5. The van der Waals surface area contributed by atoms with Crippen LogP contribution in [-0.2, 0) is 6.54 Å². The summed E-state index contributed by atoms with van der Waals surface area (Å²) in [5.41, 5.74) is 3.13. The molecule has 0 saturated carbocycles. The zero-order chi connectivity index (χ0) is 17.6. The number of hydrogen-bond donors (Lipinski definition) is 1. The molecule has 0 radical (unpaired) electrons. The molecule has 3 rings (SSSR count). The molecule has 0 aliphatic carbocycles. The topological polar surface area (TPSA) is 51.2 Å². The summed E-state index contributed by atoms with van der Waals surface area (Å²) < 4.78 is 5.18. The zero-order valence-electron chi connectivity index (χ0n) is 13.7. The summed E-state index contributed by atoms with van der Waals surface area (Å²) in [6.07, 6.45) is 1.69. The highest BCUT2D eigenvalue weighted by molar-refractivity contribution is 6.33. The van der Waals surface area contributed by atoms with Crippen molar-refractivity contribution in [2.45, 2.75) is 6.54 Å². The maximum atomic E-state index is 12.3. The number of halogens is 1. The second-order valence-electron chi connectivity index (χ2n) is 5.45. The third kappa shape index (κ3) is 4.17. The van der Waals surface area contributed by atoms with Crippen molar-refractivity contribution in [3.63, 3.8) is 0 Å². The SMILES string of the molecule is COc1cccc(CNC(=O)c2ccc(-c3ncccc3Cl)cc2)c1. The Morgan fingerprint density at radius 1 is 1.12 bits per heavy atom. The van der Waals surface area contributed by atoms with E-state index in [1.165, 1.54) is 0 Å². The number of nitrogens with one attached hydrogen (secondary N) is 1. The normalized spacial score (nSPS) is 10.3. The highest BCUT2D eigenvalue weighted by Crippen LogP contribution is 2.25. The Kier molecular flexibility index (Phi) is 5.31. The van der Waals surface area contributed by atoms with E-state index in [-0.39, 0.29) is 5.91 Å². The van der Waals surface area contributed by atoms with Crippen molar-refractivity contribution in [2.75, 3.05) is 7.11 Å². The number of carbonyl (C=O) groups excluding carboxylic acids is 1. The Hall–Kier alpha value is -2.85. The van der Waals surface area contributed by atoms with Gasteiger partial charge in [0.05, 0.1) is 17.8 Å². The van der Waals surface area contributed by atoms with Gasteiger partial charge in [0.2, 0.25) is 0 Å². The molecule has 0 bridgehead atoms. The van der Waals surface area contributed by atoms with E-state index < -0.39 is 0 Å². The molecule has 0 spiro atoms. The van der Waals surface area contributed by atoms with Gasteiger partial charge >= 0.3 is 0 Å². The van der Waals surface area contributed by atoms with Gasteiger partial charge in [0.25, 0.3) is 5.91 Å². The molecule has 0 aliphatic rings. The molecule has 5 heteroatoms. The Bertz CT molecular complexity index is 879. The number of pyridine rings is 1. The van der Waals surface area contributed by atoms with Crippen LogP contribution >= 0.6 is 11.6 Å². The molecule has 1 heterocycles. The van der Waals surface area contributed by atoms with Gasteiger partial charge in [-0.15, -0.1) is 0 Å². The van der Waals surface area contributed by atoms with Crippen LogP contribution in [0.4, 0.5) is 0 Å². The van der Waals surface area contributed by atoms with Gasteiger partial charge in [-0.25, -0.2) is 0 Å². The van der Waals surface area contributed by atoms with Gasteiger partial charge in [-0.2, -0.15) is 0 Å². The number of methoxy groups -OCH3 is 1. The first-order valence-corrected chi connectivity index (χ1v) is 8.17. The molecule has 0 atom stereocenters. The minimum absolute atomic E-state index is 0.138. The van der Waals surface area contributed by atoms with Gasteiger partial charge in [-0.1, -0.05) is 35.9 Å². The van der Waals surface area contributed by atoms with Crippen molar-refractivity contribution < 1.29 is 9.53 Å². The first kappa shape index (κ1) is 17.0. The van der Waals surface area contributed by atoms with Crippen LogP contribution < -0.4 is 10.1 Å². The fourth-order valence-corrected chi connectivity index (χ4v) is 2.68. The van der Waals surface area contributed by atoms with E-state index in [0.717, 1.165) is 16.9 Å². The minimum atomic E-state index is -0.138. The Labute approximate surface area is 151 Å². The van der Waals surface area contributed by atoms with Crippen molar-refractivity contribution in [3.8, 4) is 17.0 Å². The highest BCUT2D eigenvalue weighted by Gasteiger charge is 2.08. The van der Waals surface area contributed by atoms with E-state index in [9.17, 15) is 4.79 Å². The van der Waals surface area contributed by atoms with E-state index in [1.54, 1.807) is 37.6 Å². The van der Waals surface area contributed by atoms with Crippen molar-refractivity contribution in [2.24, 2.45) is 0 Å². The van der Waals surface area contributed by atoms with E-state index >= 15 is 0 Å². The van der Waals surface area contributed by atoms with Gasteiger partial charge < -0.3 is 10.1 Å². The van der Waals surface area contributed by atoms with Crippen LogP contribution in [0, 0.1) is 0 Å². The minimum Gasteiger partial charge on any atom is -0.497 e. The van der Waals surface area contributed by atoms with Gasteiger partial charge in [0.15, 0.2) is 0 Å². The summed E-state index contributed by atoms with van der Waals surface area (Å²) in [6.45, 7) is 0.434. The van der Waals surface area contributed by atoms with Crippen LogP contribution in [0.25, 0.3) is 11.3 Å². The van der Waals surface area contributed by atoms with Crippen molar-refractivity contribution >= 4 is 17.5 Å². The molecule has 2 aromatic carbocycles. The number of nitrogens with zero attached hydrogens (tertiary/aromatic N) is 1. The summed E-state index contributed by atoms with van der Waals surface area (Å²) >= 11 is 6.15. The average Bonchev–Trinajstić information content (AvgIpc) is 2.67. The lowest BCUT2D eigenvalue weighted by molar-refractivity contribution is 0.0951. The Balaban J connectivity index is 1.67. The molecular formula is C20H17ClN2O2. The predicted octanol–water partition coefficient (Wildman–Crippen LogP) is 4.34. The second-order valence-corrected chi connectivity index (χ2v) is 5.85. The smallest absolute Gasteiger partial charge is 0.251 e. The first-order valence-electron chi connectivity index (χ1n) is 7.79. The summed E-state index contributed by atoms with van der Waals surface area (Å²) in [7, 11) is 1.62. The fraction of sp³-hybridized carbons (Fsp3) is 0.100. The Morgan fingerprint density at radius 3 is 2.64 bits per heavy atom. The molecule has 126 valence electrons. The molecule has 25 heavy (non-hydrogen) atoms. The van der Waals surface area contributed by atoms with Crippen LogP contribution in [0.5, 0.6) is 5.75 Å². The van der Waals surface area contributed by atoms with Crippen LogP contribution in [0.2, 0.25) is 5.02 Å². The first-order chi connectivity index (χ1) is 12.2. The third-order valence-electron chi connectivity index (χ3n) is 3.77. The van der Waals surface area contributed by atoms with Crippen molar-refractivity contribution in [1.82, 2.24) is 10.3 Å². The molecule has 1 amide bonds. The number of hydrogen-bond acceptors (Lipinski definition) is 3. The molecule has 1 aromatic heterocycles. The predicted molar refractivity (Wildman–Crippen MR) is 98.8 cm³/mol. The van der Waals surface area contributed by atoms with Gasteiger partial charge in [0, 0.05) is 23.9 Å². The number of ether oxygens (including phenoxy) is 1. The zero-order valence-corrected chi connectivity index (χ0v) is 14.5. The van der Waals surface area contributed by atoms with Crippen LogP contribution in [0.15, 0.2) is 66.9 Å². The Morgan fingerprint density at radius 2 is 1.92 bits per heavy atom. The number of amides is 1. The summed E-state index contributed by atoms with van der Waals surface area (Å²) in [4.78, 5) is 16.6. The fourth-order valence-electron chi connectivity index (χ4n) is 2.44. The number of benzene rings is 2. The molecule has 0 saturated heterocycles. The van der Waals surface area contributed by atoms with E-state index in [2.05, 4.69) is 10.3 Å². The van der Waals surface area contributed by atoms with E-state index in [1.807, 2.05) is 36.4 Å². The maximum absolute atomic E-state index is 12.3. The molecule has 0 unspecified atom stereocenters. The standard InChI is InChI=1S/C20H17ClN2O2/c1-25-17-5-2-4-14(12-17)13-23-20(24)16-9-7-15(8-10-16)19-18(21)6-3-11-22-19/h2-12H,13H2,1H3,(H,23,24). The van der Waals surface area contributed by atoms with Crippen LogP contribution in [-0.4, -0.2) is 18.0 Å². The van der Waals surface area contributed by atoms with Gasteiger partial charge in [0.1, 0.15) is 5.75 Å². The molecule has 0 aliphatic heterocycles. The number of carbonyl (C=O) groups is 1. The maximum Gasteiger partial charge on any atom is 0.251 e. The lowest BCUT2D eigenvalue weighted by Gasteiger charge is -2.08. The quantitative estimate of drug-likeness (QED) is 0.743. The monoisotopic (exact) mass is 352 g/mol. The van der Waals surface area contributed by atoms with Crippen molar-refractivity contribution in [3.05, 3.63) is 83.0 Å². The largest absolute Gasteiger partial charge is 0.497 e. The summed E-state index contributed by atoms with van der Waals surface area (Å²) in [5.74, 6) is 0.629. The number of aromatic nitrogens is 1. The molecular weight excluding hydrogens is 336 g/mol. The van der Waals surface area contributed by atoms with Gasteiger partial charge in [-0.3, -0.25) is 9.78 Å². The van der Waals surface area contributed by atoms with Crippen LogP contribution in [0.1, 0.15) is 15.9 Å². The molecule has 3 aromatic rings. The second kappa shape index (κ2) is 7.81. The summed E-state index contributed by atoms with van der Waals surface area (Å²) in [5, 5.41) is 3.48. The van der Waals surface area contributed by atoms with E-state index in [4.69, 9.17) is 16.3 Å². The summed E-state index contributed by atoms with van der Waals surface area (Å²) in [6, 6.07) is 18.4. The highest BCUT2D eigenvalue weighted by atomic mass is 35.5. The van der Waals surface area contributed by atoms with E-state index in [0.29, 0.717) is 22.8 Å². The molecule has 4 nitrogen and oxygen atoms in total. The van der Waals surface area contributed by atoms with Crippen LogP contribution in [0.3, 0.4) is 0 Å². The van der Waals surface area contributed by atoms with Crippen molar-refractivity contribution in [1.29, 1.82) is 0 Å². The molecule has 0 fully saturated rings. The average molecular weight is 353 g/mol.